The van der Waals surface area contributed by atoms with Crippen LogP contribution in [0.1, 0.15) is 18.6 Å². The van der Waals surface area contributed by atoms with Crippen molar-refractivity contribution >= 4 is 27.0 Å². The van der Waals surface area contributed by atoms with Gasteiger partial charge < -0.3 is 5.11 Å². The Kier molecular flexibility index (Phi) is 3.08. The number of aliphatic hydroxyl groups is 1. The fraction of sp³-hybridized carbons (Fsp3) is 0.143. The number of hydrogen-bond donors (Lipinski definition) is 1. The third-order valence-corrected chi connectivity index (χ3v) is 3.67. The molecule has 0 aliphatic rings. The van der Waals surface area contributed by atoms with Crippen molar-refractivity contribution in [3.05, 3.63) is 52.5 Å². The molecule has 0 fully saturated rings. The molecule has 3 aromatic rings. The Balaban J connectivity index is 2.17. The molecule has 1 heterocycles. The predicted molar refractivity (Wildman–Crippen MR) is 77.2 cm³/mol. The Hall–Kier alpha value is -1.72. The molecule has 19 heavy (non-hydrogen) atoms. The normalized spacial score (nSPS) is 12.8. The largest absolute Gasteiger partial charge is 0.389 e. The zero-order valence-corrected chi connectivity index (χ0v) is 11.9. The molecule has 1 N–H and O–H groups in total. The summed E-state index contributed by atoms with van der Waals surface area (Å²) < 4.78 is 2.66. The Labute approximate surface area is 118 Å². The first-order valence-corrected chi connectivity index (χ1v) is 6.74. The third-order valence-electron chi connectivity index (χ3n) is 3.03. The van der Waals surface area contributed by atoms with Gasteiger partial charge in [-0.15, -0.1) is 5.10 Å². The first kappa shape index (κ1) is 12.3. The van der Waals surface area contributed by atoms with E-state index < -0.39 is 6.10 Å². The highest BCUT2D eigenvalue weighted by Crippen LogP contribution is 2.26. The number of benzene rings is 2. The number of rotatable bonds is 2. The molecular formula is C14H12BrN3O. The van der Waals surface area contributed by atoms with Crippen LogP contribution in [0.5, 0.6) is 0 Å². The van der Waals surface area contributed by atoms with Crippen molar-refractivity contribution in [1.29, 1.82) is 0 Å². The minimum absolute atomic E-state index is 0.488. The quantitative estimate of drug-likeness (QED) is 0.789. The molecule has 0 radical (unpaired) electrons. The molecule has 5 heteroatoms. The smallest absolute Gasteiger partial charge is 0.113 e. The molecule has 3 rings (SSSR count). The van der Waals surface area contributed by atoms with Gasteiger partial charge in [0.25, 0.3) is 0 Å². The average molecular weight is 318 g/mol. The summed E-state index contributed by atoms with van der Waals surface area (Å²) >= 11 is 3.52. The minimum Gasteiger partial charge on any atom is -0.389 e. The van der Waals surface area contributed by atoms with Gasteiger partial charge in [0.1, 0.15) is 5.52 Å². The molecule has 0 aliphatic heterocycles. The van der Waals surface area contributed by atoms with Crippen LogP contribution in [0.3, 0.4) is 0 Å². The molecule has 0 spiro atoms. The zero-order chi connectivity index (χ0) is 13.4. The van der Waals surface area contributed by atoms with Crippen LogP contribution in [0.15, 0.2) is 46.9 Å². The molecule has 0 bridgehead atoms. The van der Waals surface area contributed by atoms with Crippen molar-refractivity contribution in [2.24, 2.45) is 0 Å². The number of hydrogen-bond acceptors (Lipinski definition) is 3. The lowest BCUT2D eigenvalue weighted by Crippen LogP contribution is -1.99. The van der Waals surface area contributed by atoms with E-state index in [1.54, 1.807) is 11.6 Å². The summed E-state index contributed by atoms with van der Waals surface area (Å²) in [5, 5.41) is 17.9. The van der Waals surface area contributed by atoms with Gasteiger partial charge in [0.15, 0.2) is 0 Å². The van der Waals surface area contributed by atoms with E-state index in [9.17, 15) is 5.11 Å². The Morgan fingerprint density at radius 1 is 1.21 bits per heavy atom. The van der Waals surface area contributed by atoms with E-state index in [0.717, 1.165) is 26.8 Å². The second-order valence-corrected chi connectivity index (χ2v) is 5.23. The minimum atomic E-state index is -0.488. The lowest BCUT2D eigenvalue weighted by molar-refractivity contribution is 0.199. The first-order chi connectivity index (χ1) is 9.16. The topological polar surface area (TPSA) is 50.9 Å². The number of halogens is 1. The zero-order valence-electron chi connectivity index (χ0n) is 10.3. The van der Waals surface area contributed by atoms with E-state index in [2.05, 4.69) is 26.2 Å². The average Bonchev–Trinajstić information content (AvgIpc) is 2.82. The summed E-state index contributed by atoms with van der Waals surface area (Å²) in [7, 11) is 0. The number of fused-ring (bicyclic) bond motifs is 1. The van der Waals surface area contributed by atoms with Crippen molar-refractivity contribution < 1.29 is 5.11 Å². The number of nitrogens with zero attached hydrogens (tertiary/aromatic N) is 3. The third kappa shape index (κ3) is 2.15. The van der Waals surface area contributed by atoms with Crippen LogP contribution in [0.25, 0.3) is 16.7 Å². The van der Waals surface area contributed by atoms with Crippen LogP contribution in [-0.2, 0) is 0 Å². The Bertz CT molecular complexity index is 736. The fourth-order valence-corrected chi connectivity index (χ4v) is 2.57. The van der Waals surface area contributed by atoms with E-state index in [1.807, 2.05) is 42.5 Å². The van der Waals surface area contributed by atoms with Crippen LogP contribution < -0.4 is 0 Å². The number of aliphatic hydroxyl groups excluding tert-OH is 1. The number of para-hydroxylation sites is 1. The summed E-state index contributed by atoms with van der Waals surface area (Å²) in [6.45, 7) is 1.74. The Morgan fingerprint density at radius 3 is 2.74 bits per heavy atom. The molecule has 96 valence electrons. The monoisotopic (exact) mass is 317 g/mol. The maximum absolute atomic E-state index is 9.59. The maximum atomic E-state index is 9.59. The van der Waals surface area contributed by atoms with Gasteiger partial charge in [-0.05, 0) is 52.7 Å². The van der Waals surface area contributed by atoms with Crippen molar-refractivity contribution in [2.75, 3.05) is 0 Å². The fourth-order valence-electron chi connectivity index (χ4n) is 2.00. The highest BCUT2D eigenvalue weighted by atomic mass is 79.9. The summed E-state index contributed by atoms with van der Waals surface area (Å²) in [6.07, 6.45) is -0.488. The van der Waals surface area contributed by atoms with Gasteiger partial charge in [0.2, 0.25) is 0 Å². The van der Waals surface area contributed by atoms with Crippen LogP contribution in [0, 0.1) is 0 Å². The second kappa shape index (κ2) is 4.75. The molecule has 1 aromatic heterocycles. The second-order valence-electron chi connectivity index (χ2n) is 4.38. The van der Waals surface area contributed by atoms with Gasteiger partial charge >= 0.3 is 0 Å². The summed E-state index contributed by atoms with van der Waals surface area (Å²) in [4.78, 5) is 0. The van der Waals surface area contributed by atoms with Crippen LogP contribution in [0.4, 0.5) is 0 Å². The van der Waals surface area contributed by atoms with Gasteiger partial charge in [-0.1, -0.05) is 23.4 Å². The highest BCUT2D eigenvalue weighted by molar-refractivity contribution is 9.10. The van der Waals surface area contributed by atoms with Gasteiger partial charge in [-0.2, -0.15) is 0 Å². The SMILES string of the molecule is C[C@@H](O)c1ccc(-n2nnc3ccccc32)c(Br)c1. The van der Waals surface area contributed by atoms with E-state index in [0.29, 0.717) is 0 Å². The highest BCUT2D eigenvalue weighted by Gasteiger charge is 2.10. The maximum Gasteiger partial charge on any atom is 0.113 e. The van der Waals surface area contributed by atoms with E-state index >= 15 is 0 Å². The molecule has 4 nitrogen and oxygen atoms in total. The van der Waals surface area contributed by atoms with Gasteiger partial charge in [-0.25, -0.2) is 4.68 Å². The molecule has 0 saturated carbocycles. The molecule has 1 atom stereocenters. The molecule has 0 aliphatic carbocycles. The summed E-state index contributed by atoms with van der Waals surface area (Å²) in [5.74, 6) is 0. The molecule has 0 saturated heterocycles. The standard InChI is InChI=1S/C14H12BrN3O/c1-9(19)10-6-7-13(11(15)8-10)18-14-5-3-2-4-12(14)16-17-18/h2-9,19H,1H3/t9-/m1/s1. The first-order valence-electron chi connectivity index (χ1n) is 5.95. The molecule has 0 unspecified atom stereocenters. The van der Waals surface area contributed by atoms with Crippen LogP contribution in [0.2, 0.25) is 0 Å². The number of aromatic nitrogens is 3. The molecule has 0 amide bonds. The predicted octanol–water partition coefficient (Wildman–Crippen LogP) is 3.24. The van der Waals surface area contributed by atoms with E-state index in [4.69, 9.17) is 0 Å². The van der Waals surface area contributed by atoms with Gasteiger partial charge in [0, 0.05) is 4.47 Å². The van der Waals surface area contributed by atoms with E-state index in [1.165, 1.54) is 0 Å². The summed E-state index contributed by atoms with van der Waals surface area (Å²) in [6, 6.07) is 13.5. The van der Waals surface area contributed by atoms with E-state index in [-0.39, 0.29) is 0 Å². The van der Waals surface area contributed by atoms with Gasteiger partial charge in [-0.3, -0.25) is 0 Å². The van der Waals surface area contributed by atoms with Crippen LogP contribution >= 0.6 is 15.9 Å². The van der Waals surface area contributed by atoms with Crippen LogP contribution in [-0.4, -0.2) is 20.1 Å². The van der Waals surface area contributed by atoms with Crippen molar-refractivity contribution in [1.82, 2.24) is 15.0 Å². The summed E-state index contributed by atoms with van der Waals surface area (Å²) in [5.41, 5.74) is 3.57. The van der Waals surface area contributed by atoms with Crippen molar-refractivity contribution in [3.8, 4) is 5.69 Å². The Morgan fingerprint density at radius 2 is 2.00 bits per heavy atom. The molecule has 2 aromatic carbocycles. The van der Waals surface area contributed by atoms with Crippen molar-refractivity contribution in [2.45, 2.75) is 13.0 Å². The lowest BCUT2D eigenvalue weighted by atomic mass is 10.1. The van der Waals surface area contributed by atoms with Crippen molar-refractivity contribution in [3.63, 3.8) is 0 Å². The lowest BCUT2D eigenvalue weighted by Gasteiger charge is -2.09. The molecular weight excluding hydrogens is 306 g/mol. The van der Waals surface area contributed by atoms with Gasteiger partial charge in [0.05, 0.1) is 17.3 Å².